The summed E-state index contributed by atoms with van der Waals surface area (Å²) >= 11 is 0. The lowest BCUT2D eigenvalue weighted by molar-refractivity contribution is 0.453. The van der Waals surface area contributed by atoms with Gasteiger partial charge in [0.2, 0.25) is 0 Å². The number of anilines is 1. The van der Waals surface area contributed by atoms with E-state index in [9.17, 15) is 0 Å². The minimum atomic E-state index is 0.724. The Kier molecular flexibility index (Phi) is 6.28. The average Bonchev–Trinajstić information content (AvgIpc) is 2.43. The van der Waals surface area contributed by atoms with Crippen LogP contribution >= 0.6 is 0 Å². The first-order chi connectivity index (χ1) is 8.72. The van der Waals surface area contributed by atoms with Crippen LogP contribution < -0.4 is 4.90 Å². The maximum Gasteiger partial charge on any atom is 0.101 e. The van der Waals surface area contributed by atoms with Gasteiger partial charge in [-0.2, -0.15) is 5.26 Å². The highest BCUT2D eigenvalue weighted by atomic mass is 15.1. The predicted molar refractivity (Wildman–Crippen MR) is 77.7 cm³/mol. The van der Waals surface area contributed by atoms with Crippen LogP contribution in [-0.4, -0.2) is 13.6 Å². The Morgan fingerprint density at radius 3 is 2.61 bits per heavy atom. The molecule has 2 nitrogen and oxygen atoms in total. The number of rotatable bonds is 7. The lowest BCUT2D eigenvalue weighted by Crippen LogP contribution is -2.25. The summed E-state index contributed by atoms with van der Waals surface area (Å²) in [6.45, 7) is 5.53. The molecule has 0 aliphatic heterocycles. The molecule has 0 N–H and O–H groups in total. The Hall–Kier alpha value is -1.49. The maximum absolute atomic E-state index is 9.12. The molecule has 0 heterocycles. The first-order valence-electron chi connectivity index (χ1n) is 6.93. The molecule has 0 amide bonds. The minimum Gasteiger partial charge on any atom is -0.373 e. The molecule has 0 saturated heterocycles. The van der Waals surface area contributed by atoms with Crippen LogP contribution in [-0.2, 0) is 0 Å². The predicted octanol–water partition coefficient (Wildman–Crippen LogP) is 4.21. The van der Waals surface area contributed by atoms with Gasteiger partial charge in [0.15, 0.2) is 0 Å². The largest absolute Gasteiger partial charge is 0.373 e. The van der Waals surface area contributed by atoms with E-state index in [-0.39, 0.29) is 0 Å². The second-order valence-corrected chi connectivity index (χ2v) is 4.93. The Morgan fingerprint density at radius 2 is 2.00 bits per heavy atom. The molecule has 98 valence electrons. The molecular weight excluding hydrogens is 220 g/mol. The van der Waals surface area contributed by atoms with Gasteiger partial charge >= 0.3 is 0 Å². The number of hydrogen-bond donors (Lipinski definition) is 0. The molecule has 1 unspecified atom stereocenters. The van der Waals surface area contributed by atoms with E-state index in [1.165, 1.54) is 25.7 Å². The van der Waals surface area contributed by atoms with Gasteiger partial charge < -0.3 is 4.90 Å². The molecule has 1 aromatic carbocycles. The van der Waals surface area contributed by atoms with Gasteiger partial charge in [-0.25, -0.2) is 0 Å². The van der Waals surface area contributed by atoms with E-state index >= 15 is 0 Å². The number of hydrogen-bond acceptors (Lipinski definition) is 2. The van der Waals surface area contributed by atoms with Crippen LogP contribution in [0.5, 0.6) is 0 Å². The zero-order valence-corrected chi connectivity index (χ0v) is 11.8. The molecule has 1 rings (SSSR count). The minimum absolute atomic E-state index is 0.724. The van der Waals surface area contributed by atoms with Crippen LogP contribution in [0.3, 0.4) is 0 Å². The third-order valence-corrected chi connectivity index (χ3v) is 3.51. The molecule has 1 aromatic rings. The van der Waals surface area contributed by atoms with Gasteiger partial charge in [-0.3, -0.25) is 0 Å². The lowest BCUT2D eigenvalue weighted by Gasteiger charge is -2.25. The Morgan fingerprint density at radius 1 is 1.28 bits per heavy atom. The summed E-state index contributed by atoms with van der Waals surface area (Å²) in [5.74, 6) is 0.724. The molecule has 0 aliphatic rings. The van der Waals surface area contributed by atoms with Crippen LogP contribution in [0.4, 0.5) is 5.69 Å². The molecule has 0 aliphatic carbocycles. The molecule has 0 bridgehead atoms. The van der Waals surface area contributed by atoms with E-state index < -0.39 is 0 Å². The fraction of sp³-hybridized carbons (Fsp3) is 0.562. The Balaban J connectivity index is 2.68. The van der Waals surface area contributed by atoms with Gasteiger partial charge in [0.1, 0.15) is 6.07 Å². The van der Waals surface area contributed by atoms with Crippen LogP contribution in [0.25, 0.3) is 0 Å². The SMILES string of the molecule is CCCCC(CC)CN(C)c1ccccc1C#N. The van der Waals surface area contributed by atoms with E-state index in [0.717, 1.165) is 23.7 Å². The van der Waals surface area contributed by atoms with Crippen LogP contribution in [0.15, 0.2) is 24.3 Å². The first kappa shape index (κ1) is 14.6. The normalized spacial score (nSPS) is 11.9. The fourth-order valence-electron chi connectivity index (χ4n) is 2.30. The molecular formula is C16H24N2. The Labute approximate surface area is 111 Å². The van der Waals surface area contributed by atoms with Crippen LogP contribution in [0.2, 0.25) is 0 Å². The molecule has 0 fully saturated rings. The molecule has 0 saturated carbocycles. The van der Waals surface area contributed by atoms with E-state index in [2.05, 4.69) is 31.9 Å². The topological polar surface area (TPSA) is 27.0 Å². The van der Waals surface area contributed by atoms with E-state index in [0.29, 0.717) is 0 Å². The van der Waals surface area contributed by atoms with Crippen molar-refractivity contribution in [3.63, 3.8) is 0 Å². The quantitative estimate of drug-likeness (QED) is 0.718. The van der Waals surface area contributed by atoms with Crippen molar-refractivity contribution in [2.75, 3.05) is 18.5 Å². The van der Waals surface area contributed by atoms with Crippen molar-refractivity contribution in [2.24, 2.45) is 5.92 Å². The summed E-state index contributed by atoms with van der Waals surface area (Å²) in [7, 11) is 2.09. The van der Waals surface area contributed by atoms with Crippen LogP contribution in [0.1, 0.15) is 45.1 Å². The smallest absolute Gasteiger partial charge is 0.101 e. The highest BCUT2D eigenvalue weighted by molar-refractivity contribution is 5.58. The number of nitrogens with zero attached hydrogens (tertiary/aromatic N) is 2. The van der Waals surface area contributed by atoms with Gasteiger partial charge in [0, 0.05) is 13.6 Å². The zero-order valence-electron chi connectivity index (χ0n) is 11.8. The molecule has 0 spiro atoms. The van der Waals surface area contributed by atoms with Crippen molar-refractivity contribution in [3.8, 4) is 6.07 Å². The van der Waals surface area contributed by atoms with E-state index in [1.807, 2.05) is 24.3 Å². The molecule has 18 heavy (non-hydrogen) atoms. The number of nitriles is 1. The summed E-state index contributed by atoms with van der Waals surface area (Å²) in [6, 6.07) is 10.1. The maximum atomic E-state index is 9.12. The number of unbranched alkanes of at least 4 members (excludes halogenated alkanes) is 1. The summed E-state index contributed by atoms with van der Waals surface area (Å²) in [5, 5.41) is 9.12. The summed E-state index contributed by atoms with van der Waals surface area (Å²) in [5.41, 5.74) is 1.82. The number of benzene rings is 1. The highest BCUT2D eigenvalue weighted by Crippen LogP contribution is 2.21. The van der Waals surface area contributed by atoms with E-state index in [1.54, 1.807) is 0 Å². The average molecular weight is 244 g/mol. The van der Waals surface area contributed by atoms with Gasteiger partial charge in [-0.1, -0.05) is 45.2 Å². The number of para-hydroxylation sites is 1. The van der Waals surface area contributed by atoms with Crippen molar-refractivity contribution < 1.29 is 0 Å². The van der Waals surface area contributed by atoms with Crippen molar-refractivity contribution in [1.29, 1.82) is 5.26 Å². The zero-order chi connectivity index (χ0) is 13.4. The summed E-state index contributed by atoms with van der Waals surface area (Å²) in [6.07, 6.45) is 5.05. The third kappa shape index (κ3) is 4.07. The molecule has 2 heteroatoms. The van der Waals surface area contributed by atoms with Crippen molar-refractivity contribution in [1.82, 2.24) is 0 Å². The van der Waals surface area contributed by atoms with Gasteiger partial charge in [-0.05, 0) is 24.5 Å². The Bertz CT molecular complexity index is 392. The molecule has 1 atom stereocenters. The standard InChI is InChI=1S/C16H24N2/c1-4-6-9-14(5-2)13-18(3)16-11-8-7-10-15(16)12-17/h7-8,10-11,14H,4-6,9,13H2,1-3H3. The third-order valence-electron chi connectivity index (χ3n) is 3.51. The first-order valence-corrected chi connectivity index (χ1v) is 6.93. The monoisotopic (exact) mass is 244 g/mol. The molecule has 0 radical (unpaired) electrons. The van der Waals surface area contributed by atoms with Crippen LogP contribution in [0, 0.1) is 17.2 Å². The summed E-state index contributed by atoms with van der Waals surface area (Å²) < 4.78 is 0. The van der Waals surface area contributed by atoms with Crippen molar-refractivity contribution in [3.05, 3.63) is 29.8 Å². The molecule has 0 aromatic heterocycles. The second-order valence-electron chi connectivity index (χ2n) is 4.93. The van der Waals surface area contributed by atoms with Gasteiger partial charge in [0.25, 0.3) is 0 Å². The fourth-order valence-corrected chi connectivity index (χ4v) is 2.30. The highest BCUT2D eigenvalue weighted by Gasteiger charge is 2.12. The summed E-state index contributed by atoms with van der Waals surface area (Å²) in [4.78, 5) is 2.22. The lowest BCUT2D eigenvalue weighted by atomic mass is 9.98. The van der Waals surface area contributed by atoms with Crippen molar-refractivity contribution in [2.45, 2.75) is 39.5 Å². The second kappa shape index (κ2) is 7.76. The van der Waals surface area contributed by atoms with Gasteiger partial charge in [-0.15, -0.1) is 0 Å². The van der Waals surface area contributed by atoms with Crippen molar-refractivity contribution >= 4 is 5.69 Å². The van der Waals surface area contributed by atoms with Gasteiger partial charge in [0.05, 0.1) is 11.3 Å². The van der Waals surface area contributed by atoms with E-state index in [4.69, 9.17) is 5.26 Å².